The summed E-state index contributed by atoms with van der Waals surface area (Å²) in [4.78, 5) is 20.7. The van der Waals surface area contributed by atoms with E-state index in [1.165, 1.54) is 12.1 Å². The van der Waals surface area contributed by atoms with Crippen molar-refractivity contribution in [1.82, 2.24) is 4.90 Å². The summed E-state index contributed by atoms with van der Waals surface area (Å²) in [6.45, 7) is 4.59. The summed E-state index contributed by atoms with van der Waals surface area (Å²) in [6.07, 6.45) is 0.224. The first-order chi connectivity index (χ1) is 16.4. The van der Waals surface area contributed by atoms with Gasteiger partial charge in [0.2, 0.25) is 0 Å². The maximum Gasteiger partial charge on any atom is 0.322 e. The van der Waals surface area contributed by atoms with Crippen molar-refractivity contribution in [2.75, 3.05) is 19.0 Å². The van der Waals surface area contributed by atoms with Crippen LogP contribution in [-0.4, -0.2) is 36.4 Å². The molecule has 34 heavy (non-hydrogen) atoms. The van der Waals surface area contributed by atoms with Crippen LogP contribution in [0.3, 0.4) is 0 Å². The van der Waals surface area contributed by atoms with Crippen LogP contribution in [0.15, 0.2) is 71.9 Å². The van der Waals surface area contributed by atoms with Crippen LogP contribution in [0.4, 0.5) is 14.9 Å². The van der Waals surface area contributed by atoms with Crippen LogP contribution in [0, 0.1) is 19.7 Å². The topological polar surface area (TPSA) is 63.2 Å². The number of anilines is 1. The zero-order chi connectivity index (χ0) is 24.1. The summed E-state index contributed by atoms with van der Waals surface area (Å²) in [5, 5.41) is 7.27. The molecule has 0 saturated heterocycles. The van der Waals surface area contributed by atoms with E-state index in [0.717, 1.165) is 39.4 Å². The van der Waals surface area contributed by atoms with Crippen LogP contribution in [-0.2, 0) is 11.4 Å². The molecule has 0 spiro atoms. The number of amides is 2. The van der Waals surface area contributed by atoms with Crippen LogP contribution in [0.1, 0.15) is 28.7 Å². The van der Waals surface area contributed by atoms with Gasteiger partial charge in [0.25, 0.3) is 0 Å². The van der Waals surface area contributed by atoms with Crippen molar-refractivity contribution >= 4 is 17.4 Å². The van der Waals surface area contributed by atoms with Gasteiger partial charge >= 0.3 is 6.03 Å². The minimum absolute atomic E-state index is 0.259. The molecule has 0 fully saturated rings. The molecule has 0 unspecified atom stereocenters. The van der Waals surface area contributed by atoms with Gasteiger partial charge in [-0.1, -0.05) is 47.1 Å². The van der Waals surface area contributed by atoms with E-state index in [-0.39, 0.29) is 18.0 Å². The van der Waals surface area contributed by atoms with Crippen LogP contribution in [0.25, 0.3) is 0 Å². The zero-order valence-electron chi connectivity index (χ0n) is 19.5. The molecule has 7 heteroatoms. The summed E-state index contributed by atoms with van der Waals surface area (Å²) in [6, 6.07) is 19.4. The van der Waals surface area contributed by atoms with Crippen LogP contribution in [0.5, 0.6) is 5.75 Å². The first kappa shape index (κ1) is 23.3. The van der Waals surface area contributed by atoms with Crippen molar-refractivity contribution in [2.24, 2.45) is 5.16 Å². The fourth-order valence-electron chi connectivity index (χ4n) is 3.99. The number of rotatable bonds is 7. The predicted molar refractivity (Wildman–Crippen MR) is 131 cm³/mol. The van der Waals surface area contributed by atoms with Crippen molar-refractivity contribution < 1.29 is 18.8 Å². The Hall–Kier alpha value is -3.87. The number of para-hydroxylation sites is 1. The van der Waals surface area contributed by atoms with E-state index < -0.39 is 0 Å². The van der Waals surface area contributed by atoms with Gasteiger partial charge in [-0.25, -0.2) is 9.18 Å². The average molecular weight is 462 g/mol. The van der Waals surface area contributed by atoms with Gasteiger partial charge in [-0.15, -0.1) is 0 Å². The number of methoxy groups -OCH3 is 1. The summed E-state index contributed by atoms with van der Waals surface area (Å²) >= 11 is 0. The number of ether oxygens (including phenoxy) is 1. The minimum Gasteiger partial charge on any atom is -0.496 e. The Kier molecular flexibility index (Phi) is 7.11. The molecule has 1 heterocycles. The number of urea groups is 1. The second kappa shape index (κ2) is 10.4. The first-order valence-electron chi connectivity index (χ1n) is 11.2. The fraction of sp³-hybridized carbons (Fsp3) is 0.259. The van der Waals surface area contributed by atoms with Crippen LogP contribution < -0.4 is 10.1 Å². The molecule has 6 nitrogen and oxygen atoms in total. The Labute approximate surface area is 199 Å². The van der Waals surface area contributed by atoms with Crippen LogP contribution >= 0.6 is 0 Å². The van der Waals surface area contributed by atoms with E-state index in [1.54, 1.807) is 24.1 Å². The number of oxime groups is 1. The SMILES string of the molecule is COc1ccccc1C1=NO[C@H](CN(Cc2ccc(F)cc2)C(=O)Nc2ccc(C)cc2C)C1. The normalized spacial score (nSPS) is 14.8. The number of hydrogen-bond donors (Lipinski definition) is 1. The monoisotopic (exact) mass is 461 g/mol. The lowest BCUT2D eigenvalue weighted by molar-refractivity contribution is 0.0608. The Morgan fingerprint density at radius 1 is 1.15 bits per heavy atom. The second-order valence-corrected chi connectivity index (χ2v) is 8.43. The Morgan fingerprint density at radius 3 is 2.65 bits per heavy atom. The van der Waals surface area contributed by atoms with E-state index in [0.29, 0.717) is 19.5 Å². The Bertz CT molecular complexity index is 1190. The van der Waals surface area contributed by atoms with E-state index in [9.17, 15) is 9.18 Å². The molecule has 0 aliphatic carbocycles. The zero-order valence-corrected chi connectivity index (χ0v) is 19.5. The third-order valence-corrected chi connectivity index (χ3v) is 5.77. The highest BCUT2D eigenvalue weighted by atomic mass is 19.1. The molecular weight excluding hydrogens is 433 g/mol. The number of nitrogens with one attached hydrogen (secondary N) is 1. The third-order valence-electron chi connectivity index (χ3n) is 5.77. The highest BCUT2D eigenvalue weighted by molar-refractivity contribution is 6.03. The quantitative estimate of drug-likeness (QED) is 0.493. The van der Waals surface area contributed by atoms with E-state index in [2.05, 4.69) is 10.5 Å². The van der Waals surface area contributed by atoms with Gasteiger partial charge in [-0.3, -0.25) is 0 Å². The van der Waals surface area contributed by atoms with Crippen molar-refractivity contribution in [3.8, 4) is 5.75 Å². The van der Waals surface area contributed by atoms with Crippen LogP contribution in [0.2, 0.25) is 0 Å². The molecule has 3 aromatic rings. The molecule has 176 valence electrons. The molecule has 0 aromatic heterocycles. The van der Waals surface area contributed by atoms with E-state index in [4.69, 9.17) is 9.57 Å². The maximum atomic E-state index is 13.4. The highest BCUT2D eigenvalue weighted by Gasteiger charge is 2.28. The number of carbonyl (C=O) groups is 1. The molecule has 1 aliphatic heterocycles. The average Bonchev–Trinajstić information content (AvgIpc) is 3.30. The summed E-state index contributed by atoms with van der Waals surface area (Å²) in [7, 11) is 1.62. The number of aryl methyl sites for hydroxylation is 2. The minimum atomic E-state index is -0.316. The van der Waals surface area contributed by atoms with Gasteiger partial charge in [0, 0.05) is 24.2 Å². The van der Waals surface area contributed by atoms with Gasteiger partial charge in [-0.2, -0.15) is 0 Å². The fourth-order valence-corrected chi connectivity index (χ4v) is 3.99. The summed E-state index contributed by atoms with van der Waals surface area (Å²) < 4.78 is 18.8. The smallest absolute Gasteiger partial charge is 0.322 e. The maximum absolute atomic E-state index is 13.4. The standard InChI is InChI=1S/C27H28FN3O3/c1-18-8-13-24(19(2)14-18)29-27(32)31(16-20-9-11-21(28)12-10-20)17-22-15-25(30-34-22)23-6-4-5-7-26(23)33-3/h4-14,22H,15-17H2,1-3H3,(H,29,32)/t22-/m0/s1. The van der Waals surface area contributed by atoms with E-state index in [1.807, 2.05) is 56.3 Å². The van der Waals surface area contributed by atoms with Crippen molar-refractivity contribution in [2.45, 2.75) is 32.9 Å². The van der Waals surface area contributed by atoms with Gasteiger partial charge in [0.05, 0.1) is 19.4 Å². The molecule has 1 aliphatic rings. The molecule has 4 rings (SSSR count). The molecule has 0 saturated carbocycles. The van der Waals surface area contributed by atoms with Crippen molar-refractivity contribution in [3.63, 3.8) is 0 Å². The molecule has 2 amide bonds. The van der Waals surface area contributed by atoms with Gasteiger partial charge in [-0.05, 0) is 55.3 Å². The van der Waals surface area contributed by atoms with Gasteiger partial charge in [0.1, 0.15) is 11.6 Å². The number of hydrogen-bond acceptors (Lipinski definition) is 4. The van der Waals surface area contributed by atoms with Gasteiger partial charge in [0.15, 0.2) is 6.10 Å². The van der Waals surface area contributed by atoms with E-state index >= 15 is 0 Å². The van der Waals surface area contributed by atoms with Gasteiger partial charge < -0.3 is 19.8 Å². The summed E-state index contributed by atoms with van der Waals surface area (Å²) in [5.74, 6) is 0.408. The largest absolute Gasteiger partial charge is 0.496 e. The lowest BCUT2D eigenvalue weighted by Gasteiger charge is -2.26. The predicted octanol–water partition coefficient (Wildman–Crippen LogP) is 5.68. The molecule has 1 atom stereocenters. The number of nitrogens with zero attached hydrogens (tertiary/aromatic N) is 2. The molecular formula is C27H28FN3O3. The molecule has 1 N–H and O–H groups in total. The molecule has 3 aromatic carbocycles. The Balaban J connectivity index is 1.50. The lowest BCUT2D eigenvalue weighted by atomic mass is 10.0. The first-order valence-corrected chi connectivity index (χ1v) is 11.2. The second-order valence-electron chi connectivity index (χ2n) is 8.43. The molecule has 0 bridgehead atoms. The lowest BCUT2D eigenvalue weighted by Crippen LogP contribution is -2.40. The number of carbonyl (C=O) groups excluding carboxylic acids is 1. The number of benzene rings is 3. The van der Waals surface area contributed by atoms with Crippen molar-refractivity contribution in [3.05, 3.63) is 94.8 Å². The highest BCUT2D eigenvalue weighted by Crippen LogP contribution is 2.25. The summed E-state index contributed by atoms with van der Waals surface area (Å²) in [5.41, 5.74) is 5.32. The molecule has 0 radical (unpaired) electrons. The third kappa shape index (κ3) is 5.54. The number of halogens is 1. The Morgan fingerprint density at radius 2 is 1.91 bits per heavy atom. The van der Waals surface area contributed by atoms with Crippen molar-refractivity contribution in [1.29, 1.82) is 0 Å².